The summed E-state index contributed by atoms with van der Waals surface area (Å²) in [7, 11) is 0. The minimum atomic E-state index is -1.34. The molecule has 0 aromatic heterocycles. The smallest absolute Gasteiger partial charge is 0.243 e. The second-order valence-corrected chi connectivity index (χ2v) is 7.95. The molecule has 1 aliphatic heterocycles. The first kappa shape index (κ1) is 26.9. The second-order valence-electron chi connectivity index (χ2n) is 7.95. The van der Waals surface area contributed by atoms with E-state index in [0.29, 0.717) is 12.0 Å². The van der Waals surface area contributed by atoms with Crippen molar-refractivity contribution >= 4 is 35.5 Å². The Morgan fingerprint density at radius 1 is 0.914 bits per heavy atom. The number of aromatic hydroxyl groups is 1. The maximum atomic E-state index is 13.1. The van der Waals surface area contributed by atoms with Gasteiger partial charge in [-0.3, -0.25) is 29.0 Å². The van der Waals surface area contributed by atoms with E-state index in [1.165, 1.54) is 12.1 Å². The molecule has 11 N–H and O–H groups in total. The number of aliphatic imine (C=N–C) groups is 1. The van der Waals surface area contributed by atoms with Crippen LogP contribution in [0.5, 0.6) is 5.75 Å². The lowest BCUT2D eigenvalue weighted by molar-refractivity contribution is -0.136. The van der Waals surface area contributed by atoms with Crippen LogP contribution in [-0.4, -0.2) is 71.8 Å². The molecule has 35 heavy (non-hydrogen) atoms. The normalized spacial score (nSPS) is 21.3. The highest BCUT2D eigenvalue weighted by Crippen LogP contribution is 2.12. The zero-order valence-corrected chi connectivity index (χ0v) is 19.0. The van der Waals surface area contributed by atoms with Gasteiger partial charge < -0.3 is 43.6 Å². The number of rotatable bonds is 8. The Morgan fingerprint density at radius 2 is 1.54 bits per heavy atom. The number of amides is 5. The van der Waals surface area contributed by atoms with Crippen molar-refractivity contribution in [3.8, 4) is 5.75 Å². The van der Waals surface area contributed by atoms with Crippen LogP contribution in [0.1, 0.15) is 24.8 Å². The van der Waals surface area contributed by atoms with E-state index in [1.807, 2.05) is 0 Å². The predicted octanol–water partition coefficient (Wildman–Crippen LogP) is -3.55. The number of nitrogens with one attached hydrogen (secondary N) is 4. The van der Waals surface area contributed by atoms with Gasteiger partial charge in [-0.15, -0.1) is 0 Å². The third-order valence-corrected chi connectivity index (χ3v) is 5.07. The fourth-order valence-electron chi connectivity index (χ4n) is 3.34. The van der Waals surface area contributed by atoms with Gasteiger partial charge in [-0.2, -0.15) is 0 Å². The molecule has 0 bridgehead atoms. The van der Waals surface area contributed by atoms with Crippen molar-refractivity contribution in [1.29, 1.82) is 0 Å². The summed E-state index contributed by atoms with van der Waals surface area (Å²) in [5, 5.41) is 19.3. The van der Waals surface area contributed by atoms with E-state index in [2.05, 4.69) is 26.3 Å². The standard InChI is InChI=1S/C21H30N8O6/c22-16(31)9-15-20(35)28-13(2-1-7-25-21(23)24)19(34)29-14(18(33)26-10-17(32)27-15)8-11-3-5-12(30)6-4-11/h3-6,13-15,30H,1-2,7-10H2,(H2,22,31)(H,26,33)(H,27,32)(H,28,35)(H,29,34)(H4,23,24,25)/t13-,14-,15-/m0/s1. The van der Waals surface area contributed by atoms with Gasteiger partial charge in [-0.05, 0) is 30.5 Å². The summed E-state index contributed by atoms with van der Waals surface area (Å²) in [4.78, 5) is 66.2. The second kappa shape index (κ2) is 12.8. The van der Waals surface area contributed by atoms with Gasteiger partial charge in [-0.1, -0.05) is 12.1 Å². The SMILES string of the molecule is NC(=O)C[C@@H]1NC(=O)CNC(=O)[C@H](Cc2ccc(O)cc2)NC(=O)[C@H](CCCN=C(N)N)NC1=O. The van der Waals surface area contributed by atoms with Gasteiger partial charge in [0.15, 0.2) is 5.96 Å². The maximum absolute atomic E-state index is 13.1. The van der Waals surface area contributed by atoms with Crippen LogP contribution in [0.4, 0.5) is 0 Å². The van der Waals surface area contributed by atoms with E-state index >= 15 is 0 Å². The van der Waals surface area contributed by atoms with E-state index < -0.39 is 60.6 Å². The summed E-state index contributed by atoms with van der Waals surface area (Å²) in [6.45, 7) is -0.313. The van der Waals surface area contributed by atoms with Gasteiger partial charge in [0.05, 0.1) is 13.0 Å². The maximum Gasteiger partial charge on any atom is 0.243 e. The van der Waals surface area contributed by atoms with Crippen LogP contribution in [0.15, 0.2) is 29.3 Å². The first-order chi connectivity index (χ1) is 16.5. The first-order valence-electron chi connectivity index (χ1n) is 10.8. The zero-order chi connectivity index (χ0) is 26.0. The van der Waals surface area contributed by atoms with Crippen molar-refractivity contribution in [1.82, 2.24) is 21.3 Å². The van der Waals surface area contributed by atoms with Crippen LogP contribution in [0.3, 0.4) is 0 Å². The molecule has 0 aliphatic carbocycles. The van der Waals surface area contributed by atoms with Crippen molar-refractivity contribution < 1.29 is 29.1 Å². The number of primary amides is 1. The molecule has 1 aromatic rings. The summed E-state index contributed by atoms with van der Waals surface area (Å²) in [6.07, 6.45) is -0.0488. The predicted molar refractivity (Wildman–Crippen MR) is 124 cm³/mol. The monoisotopic (exact) mass is 490 g/mol. The van der Waals surface area contributed by atoms with Gasteiger partial charge in [0, 0.05) is 13.0 Å². The van der Waals surface area contributed by atoms with Gasteiger partial charge in [0.2, 0.25) is 29.5 Å². The zero-order valence-electron chi connectivity index (χ0n) is 19.0. The van der Waals surface area contributed by atoms with Crippen molar-refractivity contribution in [2.75, 3.05) is 13.1 Å². The van der Waals surface area contributed by atoms with Crippen molar-refractivity contribution in [2.45, 2.75) is 43.8 Å². The Hall–Kier alpha value is -4.36. The lowest BCUT2D eigenvalue weighted by Crippen LogP contribution is -2.60. The number of phenolic OH excluding ortho intramolecular Hbond substituents is 1. The third kappa shape index (κ3) is 9.19. The van der Waals surface area contributed by atoms with Gasteiger partial charge in [0.25, 0.3) is 0 Å². The molecule has 1 aromatic carbocycles. The highest BCUT2D eigenvalue weighted by atomic mass is 16.3. The number of nitrogens with zero attached hydrogens (tertiary/aromatic N) is 1. The molecule has 3 atom stereocenters. The molecule has 1 aliphatic rings. The van der Waals surface area contributed by atoms with E-state index in [1.54, 1.807) is 12.1 Å². The largest absolute Gasteiger partial charge is 0.508 e. The Morgan fingerprint density at radius 3 is 2.17 bits per heavy atom. The van der Waals surface area contributed by atoms with E-state index in [0.717, 1.165) is 0 Å². The molecule has 1 fully saturated rings. The van der Waals surface area contributed by atoms with Crippen LogP contribution < -0.4 is 38.5 Å². The summed E-state index contributed by atoms with van der Waals surface area (Å²) in [5.74, 6) is -3.76. The first-order valence-corrected chi connectivity index (χ1v) is 10.8. The van der Waals surface area contributed by atoms with Gasteiger partial charge >= 0.3 is 0 Å². The van der Waals surface area contributed by atoms with Crippen LogP contribution in [-0.2, 0) is 30.4 Å². The minimum Gasteiger partial charge on any atom is -0.508 e. The number of hydrogen-bond donors (Lipinski definition) is 8. The molecule has 5 amide bonds. The Bertz CT molecular complexity index is 977. The number of carbonyl (C=O) groups excluding carboxylic acids is 5. The van der Waals surface area contributed by atoms with Crippen molar-refractivity contribution in [3.63, 3.8) is 0 Å². The fourth-order valence-corrected chi connectivity index (χ4v) is 3.34. The molecular weight excluding hydrogens is 460 g/mol. The molecule has 0 saturated carbocycles. The summed E-state index contributed by atoms with van der Waals surface area (Å²) in [5.41, 5.74) is 16.4. The van der Waals surface area contributed by atoms with Crippen LogP contribution in [0.25, 0.3) is 0 Å². The van der Waals surface area contributed by atoms with Crippen molar-refractivity contribution in [3.05, 3.63) is 29.8 Å². The van der Waals surface area contributed by atoms with E-state index in [9.17, 15) is 29.1 Å². The third-order valence-electron chi connectivity index (χ3n) is 5.07. The van der Waals surface area contributed by atoms with Crippen LogP contribution >= 0.6 is 0 Å². The number of hydrogen-bond acceptors (Lipinski definition) is 7. The summed E-state index contributed by atoms with van der Waals surface area (Å²) in [6, 6.07) is 2.49. The molecule has 14 nitrogen and oxygen atoms in total. The molecule has 0 spiro atoms. The number of carbonyl (C=O) groups is 5. The lowest BCUT2D eigenvalue weighted by atomic mass is 10.0. The van der Waals surface area contributed by atoms with E-state index in [4.69, 9.17) is 17.2 Å². The average Bonchev–Trinajstić information content (AvgIpc) is 2.78. The summed E-state index contributed by atoms with van der Waals surface area (Å²) < 4.78 is 0. The number of benzene rings is 1. The van der Waals surface area contributed by atoms with Crippen molar-refractivity contribution in [2.24, 2.45) is 22.2 Å². The Labute approximate surface area is 201 Å². The van der Waals surface area contributed by atoms with Gasteiger partial charge in [-0.25, -0.2) is 0 Å². The quantitative estimate of drug-likeness (QED) is 0.103. The van der Waals surface area contributed by atoms with Crippen LogP contribution in [0, 0.1) is 0 Å². The molecule has 2 rings (SSSR count). The summed E-state index contributed by atoms with van der Waals surface area (Å²) >= 11 is 0. The molecular formula is C21H30N8O6. The molecule has 1 heterocycles. The minimum absolute atomic E-state index is 0.0340. The number of guanidine groups is 1. The number of phenols is 1. The van der Waals surface area contributed by atoms with Crippen LogP contribution in [0.2, 0.25) is 0 Å². The van der Waals surface area contributed by atoms with Gasteiger partial charge in [0.1, 0.15) is 23.9 Å². The average molecular weight is 491 g/mol. The fraction of sp³-hybridized carbons (Fsp3) is 0.429. The molecule has 0 unspecified atom stereocenters. The Kier molecular flexibility index (Phi) is 9.81. The molecule has 0 radical (unpaired) electrons. The topological polar surface area (TPSA) is 244 Å². The highest BCUT2D eigenvalue weighted by Gasteiger charge is 2.31. The molecule has 190 valence electrons. The molecule has 1 saturated heterocycles. The van der Waals surface area contributed by atoms with E-state index in [-0.39, 0.29) is 31.1 Å². The number of nitrogens with two attached hydrogens (primary N) is 3. The molecule has 14 heteroatoms. The highest BCUT2D eigenvalue weighted by molar-refractivity contribution is 5.98. The Balaban J connectivity index is 2.28. The lowest BCUT2D eigenvalue weighted by Gasteiger charge is -2.26.